The molecule has 0 aliphatic heterocycles. The van der Waals surface area contributed by atoms with E-state index in [9.17, 15) is 13.2 Å². The van der Waals surface area contributed by atoms with E-state index >= 15 is 0 Å². The number of rotatable bonds is 2. The molecule has 1 aromatic rings. The highest BCUT2D eigenvalue weighted by Gasteiger charge is 2.55. The van der Waals surface area contributed by atoms with Gasteiger partial charge in [0.1, 0.15) is 0 Å². The van der Waals surface area contributed by atoms with Gasteiger partial charge < -0.3 is 4.74 Å². The van der Waals surface area contributed by atoms with Crippen LogP contribution in [-0.2, 0) is 8.34 Å². The third kappa shape index (κ3) is 2.00. The Balaban J connectivity index is 3.15. The summed E-state index contributed by atoms with van der Waals surface area (Å²) in [5.74, 6) is 0. The summed E-state index contributed by atoms with van der Waals surface area (Å²) in [5, 5.41) is 0. The molecule has 0 aromatic carbocycles. The van der Waals surface area contributed by atoms with Gasteiger partial charge in [-0.3, -0.25) is 4.98 Å². The first-order chi connectivity index (χ1) is 6.42. The smallest absolute Gasteiger partial charge is 0.355 e. The van der Waals surface area contributed by atoms with Crippen LogP contribution >= 0.6 is 22.6 Å². The Labute approximate surface area is 92.6 Å². The van der Waals surface area contributed by atoms with Crippen molar-refractivity contribution in [2.24, 2.45) is 0 Å². The van der Waals surface area contributed by atoms with Gasteiger partial charge >= 0.3 is 6.18 Å². The summed E-state index contributed by atoms with van der Waals surface area (Å²) in [6, 6.07) is 2.77. The Morgan fingerprint density at radius 3 is 2.43 bits per heavy atom. The highest BCUT2D eigenvalue weighted by atomic mass is 127. The molecule has 6 heteroatoms. The minimum absolute atomic E-state index is 0.0180. The summed E-state index contributed by atoms with van der Waals surface area (Å²) in [6.45, 7) is 0. The number of nitrogens with zero attached hydrogens (tertiary/aromatic N) is 1. The fraction of sp³-hybridized carbons (Fsp3) is 0.375. The molecule has 0 spiro atoms. The molecule has 0 aliphatic carbocycles. The quantitative estimate of drug-likeness (QED) is 0.618. The monoisotopic (exact) mass is 317 g/mol. The van der Waals surface area contributed by atoms with Crippen molar-refractivity contribution in [3.05, 3.63) is 30.1 Å². The maximum Gasteiger partial charge on any atom is 0.431 e. The van der Waals surface area contributed by atoms with Crippen LogP contribution in [-0.4, -0.2) is 18.3 Å². The number of ether oxygens (including phenoxy) is 1. The maximum atomic E-state index is 12.6. The summed E-state index contributed by atoms with van der Waals surface area (Å²) < 4.78 is 40.1. The van der Waals surface area contributed by atoms with E-state index in [1.54, 1.807) is 0 Å². The molecule has 1 aromatic heterocycles. The lowest BCUT2D eigenvalue weighted by Crippen LogP contribution is -2.38. The van der Waals surface area contributed by atoms with Gasteiger partial charge in [-0.15, -0.1) is 0 Å². The van der Waals surface area contributed by atoms with E-state index in [1.165, 1.54) is 40.9 Å². The van der Waals surface area contributed by atoms with Gasteiger partial charge in [0, 0.05) is 25.1 Å². The Morgan fingerprint density at radius 2 is 2.07 bits per heavy atom. The van der Waals surface area contributed by atoms with Gasteiger partial charge in [0.2, 0.25) is 3.61 Å². The Morgan fingerprint density at radius 1 is 1.43 bits per heavy atom. The van der Waals surface area contributed by atoms with Crippen LogP contribution in [0.4, 0.5) is 13.2 Å². The maximum absolute atomic E-state index is 12.6. The van der Waals surface area contributed by atoms with Gasteiger partial charge in [-0.05, 0) is 28.7 Å². The summed E-state index contributed by atoms with van der Waals surface area (Å²) in [4.78, 5) is 3.63. The minimum atomic E-state index is -4.47. The van der Waals surface area contributed by atoms with E-state index < -0.39 is 9.78 Å². The summed E-state index contributed by atoms with van der Waals surface area (Å²) in [5.41, 5.74) is -0.0180. The van der Waals surface area contributed by atoms with Crippen LogP contribution in [0, 0.1) is 0 Å². The number of pyridine rings is 1. The third-order valence-electron chi connectivity index (χ3n) is 1.68. The largest absolute Gasteiger partial charge is 0.431 e. The first kappa shape index (κ1) is 11.7. The van der Waals surface area contributed by atoms with Crippen molar-refractivity contribution in [2.45, 2.75) is 9.78 Å². The molecular formula is C8H7F3INO. The van der Waals surface area contributed by atoms with E-state index in [1.807, 2.05) is 0 Å². The Kier molecular flexibility index (Phi) is 3.36. The van der Waals surface area contributed by atoms with E-state index in [4.69, 9.17) is 0 Å². The van der Waals surface area contributed by atoms with Crippen LogP contribution < -0.4 is 0 Å². The van der Waals surface area contributed by atoms with Crippen LogP contribution in [0.3, 0.4) is 0 Å². The zero-order valence-electron chi connectivity index (χ0n) is 7.18. The highest BCUT2D eigenvalue weighted by molar-refractivity contribution is 14.1. The number of methoxy groups -OCH3 is 1. The molecule has 1 atom stereocenters. The molecule has 0 bridgehead atoms. The molecule has 1 rings (SSSR count). The normalized spacial score (nSPS) is 16.4. The molecule has 14 heavy (non-hydrogen) atoms. The van der Waals surface area contributed by atoms with Gasteiger partial charge in [-0.2, -0.15) is 13.2 Å². The summed E-state index contributed by atoms with van der Waals surface area (Å²) >= 11 is 1.22. The second kappa shape index (κ2) is 4.01. The lowest BCUT2D eigenvalue weighted by atomic mass is 10.1. The average Bonchev–Trinajstić information content (AvgIpc) is 2.16. The lowest BCUT2D eigenvalue weighted by molar-refractivity contribution is -0.225. The fourth-order valence-electron chi connectivity index (χ4n) is 0.950. The SMILES string of the molecule is COC(I)(c1cccnc1)C(F)(F)F. The average molecular weight is 317 g/mol. The number of hydrogen-bond acceptors (Lipinski definition) is 2. The van der Waals surface area contributed by atoms with Crippen molar-refractivity contribution < 1.29 is 17.9 Å². The first-order valence-corrected chi connectivity index (χ1v) is 4.71. The molecule has 0 saturated carbocycles. The van der Waals surface area contributed by atoms with Crippen molar-refractivity contribution in [3.8, 4) is 0 Å². The second-order valence-electron chi connectivity index (χ2n) is 2.54. The number of aromatic nitrogens is 1. The Hall–Kier alpha value is -0.370. The van der Waals surface area contributed by atoms with Crippen molar-refractivity contribution in [2.75, 3.05) is 7.11 Å². The molecule has 78 valence electrons. The second-order valence-corrected chi connectivity index (χ2v) is 4.06. The highest BCUT2D eigenvalue weighted by Crippen LogP contribution is 2.46. The predicted octanol–water partition coefficient (Wildman–Crippen LogP) is 2.88. The molecule has 2 nitrogen and oxygen atoms in total. The zero-order chi connectivity index (χ0) is 10.8. The molecular weight excluding hydrogens is 310 g/mol. The van der Waals surface area contributed by atoms with Crippen molar-refractivity contribution >= 4 is 22.6 Å². The van der Waals surface area contributed by atoms with Gasteiger partial charge in [-0.25, -0.2) is 0 Å². The van der Waals surface area contributed by atoms with E-state index in [2.05, 4.69) is 9.72 Å². The van der Waals surface area contributed by atoms with Gasteiger partial charge in [0.15, 0.2) is 0 Å². The molecule has 0 amide bonds. The number of halogens is 4. The Bertz CT molecular complexity index is 303. The van der Waals surface area contributed by atoms with E-state index in [0.717, 1.165) is 13.3 Å². The van der Waals surface area contributed by atoms with Gasteiger partial charge in [0.25, 0.3) is 0 Å². The topological polar surface area (TPSA) is 22.1 Å². The molecule has 0 radical (unpaired) electrons. The first-order valence-electron chi connectivity index (χ1n) is 3.63. The van der Waals surface area contributed by atoms with Crippen LogP contribution in [0.25, 0.3) is 0 Å². The molecule has 0 N–H and O–H groups in total. The molecule has 0 fully saturated rings. The van der Waals surface area contributed by atoms with Crippen molar-refractivity contribution in [1.29, 1.82) is 0 Å². The van der Waals surface area contributed by atoms with Crippen molar-refractivity contribution in [3.63, 3.8) is 0 Å². The number of hydrogen-bond donors (Lipinski definition) is 0. The zero-order valence-corrected chi connectivity index (χ0v) is 9.33. The van der Waals surface area contributed by atoms with Crippen molar-refractivity contribution in [1.82, 2.24) is 4.98 Å². The van der Waals surface area contributed by atoms with Crippen LogP contribution in [0.15, 0.2) is 24.5 Å². The molecule has 0 aliphatic rings. The summed E-state index contributed by atoms with van der Waals surface area (Å²) in [6.07, 6.45) is -1.92. The van der Waals surface area contributed by atoms with Crippen LogP contribution in [0.1, 0.15) is 5.56 Å². The van der Waals surface area contributed by atoms with E-state index in [0.29, 0.717) is 0 Å². The molecule has 1 heterocycles. The molecule has 1 unspecified atom stereocenters. The fourth-order valence-corrected chi connectivity index (χ4v) is 1.27. The van der Waals surface area contributed by atoms with Gasteiger partial charge in [0.05, 0.1) is 0 Å². The van der Waals surface area contributed by atoms with E-state index in [-0.39, 0.29) is 5.56 Å². The standard InChI is InChI=1S/C8H7F3INO/c1-14-7(12,8(9,10)11)6-3-2-4-13-5-6/h2-5H,1H3. The minimum Gasteiger partial charge on any atom is -0.355 e. The number of alkyl halides is 4. The van der Waals surface area contributed by atoms with Crippen LogP contribution in [0.2, 0.25) is 0 Å². The molecule has 0 saturated heterocycles. The third-order valence-corrected chi connectivity index (χ3v) is 3.35. The summed E-state index contributed by atoms with van der Waals surface area (Å²) in [7, 11) is 1.02. The van der Waals surface area contributed by atoms with Gasteiger partial charge in [-0.1, -0.05) is 6.07 Å². The predicted molar refractivity (Wildman–Crippen MR) is 53.0 cm³/mol. The lowest BCUT2D eigenvalue weighted by Gasteiger charge is -2.28. The van der Waals surface area contributed by atoms with Crippen LogP contribution in [0.5, 0.6) is 0 Å².